The molecule has 2 N–H and O–H groups in total. The molecule has 0 radical (unpaired) electrons. The topological polar surface area (TPSA) is 95.9 Å². The smallest absolute Gasteiger partial charge is 0.256 e. The number of likely N-dealkylation sites (tertiary alicyclic amines) is 1. The molecule has 0 bridgehead atoms. The molecule has 36 heavy (non-hydrogen) atoms. The third-order valence-corrected chi connectivity index (χ3v) is 6.53. The van der Waals surface area contributed by atoms with Crippen molar-refractivity contribution in [3.8, 4) is 11.3 Å². The first-order chi connectivity index (χ1) is 17.4. The highest BCUT2D eigenvalue weighted by Crippen LogP contribution is 2.28. The van der Waals surface area contributed by atoms with Gasteiger partial charge in [0, 0.05) is 22.6 Å². The summed E-state index contributed by atoms with van der Waals surface area (Å²) >= 11 is 0. The van der Waals surface area contributed by atoms with E-state index in [2.05, 4.69) is 62.7 Å². The van der Waals surface area contributed by atoms with Gasteiger partial charge in [0.25, 0.3) is 5.91 Å². The first-order valence-electron chi connectivity index (χ1n) is 12.4. The van der Waals surface area contributed by atoms with Crippen molar-refractivity contribution >= 4 is 28.4 Å². The van der Waals surface area contributed by atoms with E-state index in [1.807, 2.05) is 42.5 Å². The van der Waals surface area contributed by atoms with Crippen molar-refractivity contribution in [1.82, 2.24) is 25.1 Å². The Hall–Kier alpha value is -3.91. The van der Waals surface area contributed by atoms with Crippen molar-refractivity contribution in [3.05, 3.63) is 72.1 Å². The monoisotopic (exact) mass is 481 g/mol. The summed E-state index contributed by atoms with van der Waals surface area (Å²) in [7, 11) is 2.15. The lowest BCUT2D eigenvalue weighted by Crippen LogP contribution is -2.29. The summed E-state index contributed by atoms with van der Waals surface area (Å²) in [5.41, 5.74) is 4.27. The molecule has 0 unspecified atom stereocenters. The number of rotatable bonds is 6. The molecule has 0 atom stereocenters. The average Bonchev–Trinajstić information content (AvgIpc) is 2.88. The molecule has 8 nitrogen and oxygen atoms in total. The Morgan fingerprint density at radius 2 is 1.83 bits per heavy atom. The molecule has 1 fully saturated rings. The molecule has 4 aromatic rings. The van der Waals surface area contributed by atoms with Crippen molar-refractivity contribution in [2.75, 3.05) is 30.8 Å². The Bertz CT molecular complexity index is 1380. The zero-order valence-corrected chi connectivity index (χ0v) is 20.9. The number of nitrogens with zero attached hydrogens (tertiary/aromatic N) is 5. The highest BCUT2D eigenvalue weighted by molar-refractivity contribution is 6.04. The first kappa shape index (κ1) is 23.8. The van der Waals surface area contributed by atoms with Gasteiger partial charge in [-0.3, -0.25) is 9.78 Å². The highest BCUT2D eigenvalue weighted by atomic mass is 16.1. The normalized spacial score (nSPS) is 14.8. The van der Waals surface area contributed by atoms with Crippen LogP contribution in [0.2, 0.25) is 0 Å². The Labute approximate surface area is 211 Å². The van der Waals surface area contributed by atoms with Crippen LogP contribution in [-0.4, -0.2) is 57.2 Å². The summed E-state index contributed by atoms with van der Waals surface area (Å²) in [5.74, 6) is 1.44. The van der Waals surface area contributed by atoms with Crippen LogP contribution in [-0.2, 0) is 0 Å². The second kappa shape index (κ2) is 10.4. The lowest BCUT2D eigenvalue weighted by molar-refractivity contribution is 0.102. The third kappa shape index (κ3) is 5.49. The van der Waals surface area contributed by atoms with E-state index in [1.54, 1.807) is 12.4 Å². The molecule has 1 aliphatic rings. The maximum absolute atomic E-state index is 13.0. The number of carbonyl (C=O) groups excluding carboxylic acids is 1. The van der Waals surface area contributed by atoms with Gasteiger partial charge in [-0.2, -0.15) is 0 Å². The molecule has 1 amide bonds. The van der Waals surface area contributed by atoms with Gasteiger partial charge in [-0.05, 0) is 88.6 Å². The Kier molecular flexibility index (Phi) is 6.86. The molecule has 1 saturated heterocycles. The van der Waals surface area contributed by atoms with Crippen molar-refractivity contribution < 1.29 is 4.79 Å². The van der Waals surface area contributed by atoms with Crippen molar-refractivity contribution in [2.45, 2.75) is 38.6 Å². The number of benzene rings is 2. The Morgan fingerprint density at radius 3 is 2.64 bits per heavy atom. The van der Waals surface area contributed by atoms with Crippen LogP contribution in [0.5, 0.6) is 0 Å². The maximum atomic E-state index is 13.0. The van der Waals surface area contributed by atoms with Gasteiger partial charge in [0.15, 0.2) is 5.82 Å². The average molecular weight is 482 g/mol. The van der Waals surface area contributed by atoms with Crippen LogP contribution in [0.4, 0.5) is 11.6 Å². The largest absolute Gasteiger partial charge is 0.367 e. The van der Waals surface area contributed by atoms with Crippen LogP contribution in [0.1, 0.15) is 48.5 Å². The number of amides is 1. The molecule has 3 heterocycles. The Morgan fingerprint density at radius 1 is 1.00 bits per heavy atom. The quantitative estimate of drug-likeness (QED) is 0.401. The lowest BCUT2D eigenvalue weighted by atomic mass is 9.89. The number of anilines is 2. The van der Waals surface area contributed by atoms with E-state index in [1.165, 1.54) is 5.56 Å². The Balaban J connectivity index is 1.35. The van der Waals surface area contributed by atoms with Crippen molar-refractivity contribution in [1.29, 1.82) is 0 Å². The van der Waals surface area contributed by atoms with E-state index >= 15 is 0 Å². The third-order valence-electron chi connectivity index (χ3n) is 6.53. The van der Waals surface area contributed by atoms with E-state index in [9.17, 15) is 4.79 Å². The zero-order valence-electron chi connectivity index (χ0n) is 20.9. The van der Waals surface area contributed by atoms with Crippen LogP contribution in [0.25, 0.3) is 22.2 Å². The maximum Gasteiger partial charge on any atom is 0.256 e. The van der Waals surface area contributed by atoms with E-state index in [0.717, 1.165) is 53.9 Å². The SMILES string of the molecule is CC(C)Nc1cncc(-c2ccc3nnc(NC(=O)c4cccc(C5CCN(C)CC5)c4)cc3c2)n1. The van der Waals surface area contributed by atoms with Gasteiger partial charge >= 0.3 is 0 Å². The van der Waals surface area contributed by atoms with Crippen LogP contribution in [0.15, 0.2) is 60.9 Å². The van der Waals surface area contributed by atoms with Gasteiger partial charge in [-0.1, -0.05) is 18.2 Å². The van der Waals surface area contributed by atoms with E-state index < -0.39 is 0 Å². The number of hydrogen-bond donors (Lipinski definition) is 2. The number of piperidine rings is 1. The molecule has 0 aliphatic carbocycles. The van der Waals surface area contributed by atoms with Crippen LogP contribution in [0.3, 0.4) is 0 Å². The van der Waals surface area contributed by atoms with Crippen molar-refractivity contribution in [2.24, 2.45) is 0 Å². The molecule has 2 aromatic carbocycles. The fourth-order valence-electron chi connectivity index (χ4n) is 4.60. The minimum atomic E-state index is -0.187. The number of hydrogen-bond acceptors (Lipinski definition) is 7. The number of fused-ring (bicyclic) bond motifs is 1. The van der Waals surface area contributed by atoms with Gasteiger partial charge in [0.1, 0.15) is 5.82 Å². The number of aromatic nitrogens is 4. The predicted octanol–water partition coefficient (Wildman–Crippen LogP) is 4.97. The van der Waals surface area contributed by atoms with Gasteiger partial charge < -0.3 is 15.5 Å². The molecule has 1 aliphatic heterocycles. The second-order valence-electron chi connectivity index (χ2n) is 9.75. The fourth-order valence-corrected chi connectivity index (χ4v) is 4.60. The molecule has 0 spiro atoms. The standard InChI is InChI=1S/C28H31N7O/c1-18(2)30-27-17-29-16-25(31-27)21-7-8-24-23(14-21)15-26(34-33-24)32-28(36)22-6-4-5-20(13-22)19-9-11-35(3)12-10-19/h4-8,13-19H,9-12H2,1-3H3,(H,30,31)(H,32,34,36). The minimum Gasteiger partial charge on any atom is -0.367 e. The van der Waals surface area contributed by atoms with Gasteiger partial charge in [-0.25, -0.2) is 4.98 Å². The minimum absolute atomic E-state index is 0.187. The summed E-state index contributed by atoms with van der Waals surface area (Å²) in [5, 5.41) is 15.6. The summed E-state index contributed by atoms with van der Waals surface area (Å²) < 4.78 is 0. The van der Waals surface area contributed by atoms with E-state index in [0.29, 0.717) is 17.3 Å². The van der Waals surface area contributed by atoms with Crippen LogP contribution in [0, 0.1) is 0 Å². The summed E-state index contributed by atoms with van der Waals surface area (Å²) in [4.78, 5) is 24.4. The van der Waals surface area contributed by atoms with Gasteiger partial charge in [-0.15, -0.1) is 10.2 Å². The summed E-state index contributed by atoms with van der Waals surface area (Å²) in [6.45, 7) is 6.29. The van der Waals surface area contributed by atoms with Crippen molar-refractivity contribution in [3.63, 3.8) is 0 Å². The zero-order chi connectivity index (χ0) is 25.1. The van der Waals surface area contributed by atoms with E-state index in [4.69, 9.17) is 0 Å². The summed E-state index contributed by atoms with van der Waals surface area (Å²) in [6, 6.07) is 15.9. The molecular formula is C28H31N7O. The van der Waals surface area contributed by atoms with Gasteiger partial charge in [0.05, 0.1) is 23.6 Å². The van der Waals surface area contributed by atoms with E-state index in [-0.39, 0.29) is 11.9 Å². The first-order valence-corrected chi connectivity index (χ1v) is 12.4. The highest BCUT2D eigenvalue weighted by Gasteiger charge is 2.19. The number of carbonyl (C=O) groups is 1. The number of nitrogens with one attached hydrogen (secondary N) is 2. The second-order valence-corrected chi connectivity index (χ2v) is 9.75. The molecule has 184 valence electrons. The molecule has 2 aromatic heterocycles. The molecular weight excluding hydrogens is 450 g/mol. The molecule has 5 rings (SSSR count). The van der Waals surface area contributed by atoms with Gasteiger partial charge in [0.2, 0.25) is 0 Å². The lowest BCUT2D eigenvalue weighted by Gasteiger charge is -2.29. The fraction of sp³-hybridized carbons (Fsp3) is 0.321. The molecule has 8 heteroatoms. The van der Waals surface area contributed by atoms with Crippen LogP contribution < -0.4 is 10.6 Å². The van der Waals surface area contributed by atoms with Crippen LogP contribution >= 0.6 is 0 Å². The molecule has 0 saturated carbocycles. The predicted molar refractivity (Wildman–Crippen MR) is 143 cm³/mol. The summed E-state index contributed by atoms with van der Waals surface area (Å²) in [6.07, 6.45) is 5.68.